The van der Waals surface area contributed by atoms with Crippen molar-refractivity contribution < 1.29 is 8.83 Å². The van der Waals surface area contributed by atoms with Gasteiger partial charge in [-0.05, 0) is 163 Å². The van der Waals surface area contributed by atoms with Crippen molar-refractivity contribution in [2.24, 2.45) is 0 Å². The summed E-state index contributed by atoms with van der Waals surface area (Å²) in [5.74, 6) is 1.35. The van der Waals surface area contributed by atoms with Gasteiger partial charge in [0.1, 0.15) is 22.3 Å². The van der Waals surface area contributed by atoms with E-state index in [0.29, 0.717) is 11.8 Å². The van der Waals surface area contributed by atoms with E-state index in [0.717, 1.165) is 66.3 Å². The number of para-hydroxylation sites is 1. The lowest BCUT2D eigenvalue weighted by atomic mass is 9.94. The number of furan rings is 2. The molecule has 0 amide bonds. The maximum Gasteiger partial charge on any atom is 0.153 e. The van der Waals surface area contributed by atoms with Gasteiger partial charge in [0.25, 0.3) is 0 Å². The zero-order valence-corrected chi connectivity index (χ0v) is 34.4. The van der Waals surface area contributed by atoms with E-state index < -0.39 is 0 Å². The van der Waals surface area contributed by atoms with Gasteiger partial charge in [-0.3, -0.25) is 4.98 Å². The molecule has 2 aliphatic carbocycles. The molecule has 0 N–H and O–H groups in total. The van der Waals surface area contributed by atoms with Crippen LogP contribution in [0.4, 0.5) is 0 Å². The zero-order chi connectivity index (χ0) is 40.5. The van der Waals surface area contributed by atoms with Gasteiger partial charge in [0.2, 0.25) is 0 Å². The molecular formula is C57H43N3O2. The van der Waals surface area contributed by atoms with Gasteiger partial charge in [-0.25, -0.2) is 0 Å². The minimum absolute atomic E-state index is 0.675. The average Bonchev–Trinajstić information content (AvgIpc) is 4.19. The summed E-state index contributed by atoms with van der Waals surface area (Å²) in [7, 11) is 0. The molecule has 0 unspecified atom stereocenters. The van der Waals surface area contributed by atoms with Crippen LogP contribution in [0.5, 0.6) is 0 Å². The molecule has 5 nitrogen and oxygen atoms in total. The van der Waals surface area contributed by atoms with Crippen LogP contribution < -0.4 is 0 Å². The van der Waals surface area contributed by atoms with Gasteiger partial charge in [-0.1, -0.05) is 68.1 Å². The van der Waals surface area contributed by atoms with Crippen LogP contribution in [0.25, 0.3) is 110 Å². The highest BCUT2D eigenvalue weighted by atomic mass is 16.3. The van der Waals surface area contributed by atoms with E-state index in [9.17, 15) is 0 Å². The molecule has 0 aliphatic heterocycles. The first-order valence-electron chi connectivity index (χ1n) is 22.6. The highest BCUT2D eigenvalue weighted by molar-refractivity contribution is 6.13. The van der Waals surface area contributed by atoms with Crippen molar-refractivity contribution in [1.82, 2.24) is 14.1 Å². The molecule has 0 spiro atoms. The Morgan fingerprint density at radius 2 is 0.887 bits per heavy atom. The summed E-state index contributed by atoms with van der Waals surface area (Å²) in [6, 6.07) is 54.1. The molecule has 0 saturated heterocycles. The normalized spacial score (nSPS) is 15.4. The van der Waals surface area contributed by atoms with E-state index in [1.807, 2.05) is 18.3 Å². The van der Waals surface area contributed by atoms with Crippen molar-refractivity contribution in [2.45, 2.75) is 63.2 Å². The molecule has 5 heteroatoms. The second-order valence-corrected chi connectivity index (χ2v) is 18.1. The number of nitrogens with zero attached hydrogens (tertiary/aromatic N) is 3. The third-order valence-electron chi connectivity index (χ3n) is 14.7. The Balaban J connectivity index is 0.903. The first kappa shape index (κ1) is 34.6. The van der Waals surface area contributed by atoms with Gasteiger partial charge >= 0.3 is 0 Å². The summed E-state index contributed by atoms with van der Waals surface area (Å²) >= 11 is 0. The molecule has 0 bridgehead atoms. The number of pyridine rings is 1. The Morgan fingerprint density at radius 3 is 1.56 bits per heavy atom. The van der Waals surface area contributed by atoms with Gasteiger partial charge < -0.3 is 18.0 Å². The lowest BCUT2D eigenvalue weighted by molar-refractivity contribution is 0.668. The minimum Gasteiger partial charge on any atom is -0.456 e. The summed E-state index contributed by atoms with van der Waals surface area (Å²) in [5, 5.41) is 8.48. The van der Waals surface area contributed by atoms with Crippen molar-refractivity contribution in [3.05, 3.63) is 163 Å². The fraction of sp³-hybridized carbons (Fsp3) is 0.175. The van der Waals surface area contributed by atoms with E-state index in [1.165, 1.54) is 106 Å². The molecule has 5 aromatic heterocycles. The third-order valence-corrected chi connectivity index (χ3v) is 14.7. The van der Waals surface area contributed by atoms with Crippen LogP contribution in [0.1, 0.15) is 74.3 Å². The van der Waals surface area contributed by atoms with Gasteiger partial charge in [-0.2, -0.15) is 0 Å². The van der Waals surface area contributed by atoms with E-state index >= 15 is 0 Å². The molecule has 2 fully saturated rings. The van der Waals surface area contributed by atoms with Crippen LogP contribution >= 0.6 is 0 Å². The van der Waals surface area contributed by atoms with E-state index in [2.05, 4.69) is 148 Å². The number of hydrogen-bond donors (Lipinski definition) is 0. The highest BCUT2D eigenvalue weighted by Gasteiger charge is 2.23. The van der Waals surface area contributed by atoms with Gasteiger partial charge in [0.05, 0.1) is 22.1 Å². The van der Waals surface area contributed by atoms with Crippen LogP contribution in [0.3, 0.4) is 0 Å². The zero-order valence-electron chi connectivity index (χ0n) is 34.4. The minimum atomic E-state index is 0.675. The molecule has 298 valence electrons. The lowest BCUT2D eigenvalue weighted by Crippen LogP contribution is -1.95. The second kappa shape index (κ2) is 13.2. The predicted octanol–water partition coefficient (Wildman–Crippen LogP) is 16.1. The van der Waals surface area contributed by atoms with Crippen molar-refractivity contribution in [1.29, 1.82) is 0 Å². The van der Waals surface area contributed by atoms with Crippen LogP contribution in [0.15, 0.2) is 161 Å². The van der Waals surface area contributed by atoms with Crippen molar-refractivity contribution in [3.63, 3.8) is 0 Å². The van der Waals surface area contributed by atoms with Gasteiger partial charge in [0, 0.05) is 55.3 Å². The number of fused-ring (bicyclic) bond motifs is 12. The first-order valence-corrected chi connectivity index (χ1v) is 22.6. The summed E-state index contributed by atoms with van der Waals surface area (Å²) in [6.07, 6.45) is 12.4. The average molecular weight is 802 g/mol. The fourth-order valence-electron chi connectivity index (χ4n) is 11.6. The predicted molar refractivity (Wildman–Crippen MR) is 255 cm³/mol. The van der Waals surface area contributed by atoms with E-state index in [1.54, 1.807) is 0 Å². The van der Waals surface area contributed by atoms with Gasteiger partial charge in [-0.15, -0.1) is 0 Å². The second-order valence-electron chi connectivity index (χ2n) is 18.1. The summed E-state index contributed by atoms with van der Waals surface area (Å²) in [5.41, 5.74) is 16.8. The van der Waals surface area contributed by atoms with Crippen molar-refractivity contribution >= 4 is 87.6 Å². The largest absolute Gasteiger partial charge is 0.456 e. The SMILES string of the molecule is c1cnc2c(c1)oc1ccc(-n3c4ccccc4c4cc(-c5ccc6oc7ccc(-n8c9ccc(C%10CCCC%10)cc9c9cc(C%10CCCC%10)ccc98)cc7c6c5)ccc43)cc12. The monoisotopic (exact) mass is 801 g/mol. The van der Waals surface area contributed by atoms with E-state index in [4.69, 9.17) is 8.83 Å². The molecular weight excluding hydrogens is 759 g/mol. The maximum atomic E-state index is 6.54. The summed E-state index contributed by atoms with van der Waals surface area (Å²) < 4.78 is 17.5. The number of hydrogen-bond acceptors (Lipinski definition) is 3. The van der Waals surface area contributed by atoms with Gasteiger partial charge in [0.15, 0.2) is 5.58 Å². The topological polar surface area (TPSA) is 49.0 Å². The Hall–Kier alpha value is -7.11. The summed E-state index contributed by atoms with van der Waals surface area (Å²) in [6.45, 7) is 0. The Bertz CT molecular complexity index is 3710. The van der Waals surface area contributed by atoms with Crippen LogP contribution in [-0.4, -0.2) is 14.1 Å². The molecule has 7 aromatic carbocycles. The molecule has 2 saturated carbocycles. The maximum absolute atomic E-state index is 6.54. The number of rotatable bonds is 5. The molecule has 14 rings (SSSR count). The Kier molecular flexibility index (Phi) is 7.36. The summed E-state index contributed by atoms with van der Waals surface area (Å²) in [4.78, 5) is 4.66. The van der Waals surface area contributed by atoms with E-state index in [-0.39, 0.29) is 0 Å². The molecule has 0 radical (unpaired) electrons. The molecule has 0 atom stereocenters. The van der Waals surface area contributed by atoms with Crippen LogP contribution in [-0.2, 0) is 0 Å². The highest BCUT2D eigenvalue weighted by Crippen LogP contribution is 2.43. The standard InChI is InChI=1S/C57H43N3O2/c1-2-9-34(8-1)36-15-21-51-44(28-36)45-29-37(35-10-3-4-11-35)16-22-52(45)60(51)40-19-25-54-47(32-40)46-31-39(18-24-53(46)61-54)38-17-23-50-43(30-38)42-12-5-6-13-49(42)59(50)41-20-26-55-48(33-41)57-56(62-55)14-7-27-58-57/h5-7,12-35H,1-4,8-11H2. The third kappa shape index (κ3) is 5.11. The lowest BCUT2D eigenvalue weighted by Gasteiger charge is -2.11. The number of aromatic nitrogens is 3. The Morgan fingerprint density at radius 1 is 0.387 bits per heavy atom. The molecule has 62 heavy (non-hydrogen) atoms. The molecule has 12 aromatic rings. The molecule has 2 aliphatic rings. The molecule has 5 heterocycles. The van der Waals surface area contributed by atoms with Crippen molar-refractivity contribution in [2.75, 3.05) is 0 Å². The first-order chi connectivity index (χ1) is 30.7. The smallest absolute Gasteiger partial charge is 0.153 e. The van der Waals surface area contributed by atoms with Crippen LogP contribution in [0.2, 0.25) is 0 Å². The fourth-order valence-corrected chi connectivity index (χ4v) is 11.6. The quantitative estimate of drug-likeness (QED) is 0.174. The number of benzene rings is 7. The van der Waals surface area contributed by atoms with Crippen molar-refractivity contribution in [3.8, 4) is 22.5 Å². The Labute approximate surface area is 357 Å². The van der Waals surface area contributed by atoms with Crippen LogP contribution in [0, 0.1) is 0 Å².